The molecule has 0 spiro atoms. The summed E-state index contributed by atoms with van der Waals surface area (Å²) in [6.45, 7) is 12.4. The van der Waals surface area contributed by atoms with Crippen molar-refractivity contribution in [3.63, 3.8) is 0 Å². The molecule has 1 amide bonds. The molecule has 1 heterocycles. The van der Waals surface area contributed by atoms with Gasteiger partial charge in [-0.15, -0.1) is 0 Å². The van der Waals surface area contributed by atoms with Crippen LogP contribution in [-0.2, 0) is 9.47 Å². The summed E-state index contributed by atoms with van der Waals surface area (Å²) in [6.07, 6.45) is -0.399. The molecular formula is C14H29N3O3. The smallest absolute Gasteiger partial charge is 0.407 e. The zero-order valence-corrected chi connectivity index (χ0v) is 13.3. The molecule has 0 aromatic heterocycles. The number of ether oxygens (including phenoxy) is 2. The molecular weight excluding hydrogens is 258 g/mol. The van der Waals surface area contributed by atoms with Crippen LogP contribution < -0.4 is 11.1 Å². The number of nitrogens with two attached hydrogens (primary N) is 1. The summed E-state index contributed by atoms with van der Waals surface area (Å²) in [4.78, 5) is 14.1. The first kappa shape index (κ1) is 17.2. The molecule has 20 heavy (non-hydrogen) atoms. The molecule has 3 unspecified atom stereocenters. The van der Waals surface area contributed by atoms with E-state index in [0.717, 1.165) is 6.54 Å². The monoisotopic (exact) mass is 287 g/mol. The van der Waals surface area contributed by atoms with Gasteiger partial charge in [-0.25, -0.2) is 4.79 Å². The minimum atomic E-state index is -0.492. The molecule has 3 atom stereocenters. The van der Waals surface area contributed by atoms with Crippen molar-refractivity contribution in [2.75, 3.05) is 26.3 Å². The predicted octanol–water partition coefficient (Wildman–Crippen LogP) is 0.948. The van der Waals surface area contributed by atoms with Crippen LogP contribution in [0.1, 0.15) is 34.6 Å². The maximum absolute atomic E-state index is 11.8. The van der Waals surface area contributed by atoms with Crippen LogP contribution in [0.4, 0.5) is 4.79 Å². The highest BCUT2D eigenvalue weighted by Gasteiger charge is 2.31. The molecule has 0 aromatic rings. The average molecular weight is 287 g/mol. The van der Waals surface area contributed by atoms with Gasteiger partial charge in [-0.2, -0.15) is 0 Å². The molecule has 6 nitrogen and oxygen atoms in total. The van der Waals surface area contributed by atoms with Crippen LogP contribution in [0.15, 0.2) is 0 Å². The maximum atomic E-state index is 11.8. The van der Waals surface area contributed by atoms with Crippen molar-refractivity contribution >= 4 is 6.09 Å². The average Bonchev–Trinajstić information content (AvgIpc) is 2.29. The zero-order chi connectivity index (χ0) is 15.3. The first-order valence-corrected chi connectivity index (χ1v) is 7.27. The highest BCUT2D eigenvalue weighted by atomic mass is 16.6. The van der Waals surface area contributed by atoms with Gasteiger partial charge in [0, 0.05) is 31.2 Å². The van der Waals surface area contributed by atoms with Crippen molar-refractivity contribution in [3.8, 4) is 0 Å². The van der Waals surface area contributed by atoms with Crippen LogP contribution >= 0.6 is 0 Å². The number of nitrogens with zero attached hydrogens (tertiary/aromatic N) is 1. The topological polar surface area (TPSA) is 76.8 Å². The Morgan fingerprint density at radius 3 is 2.70 bits per heavy atom. The van der Waals surface area contributed by atoms with Gasteiger partial charge in [0.2, 0.25) is 0 Å². The van der Waals surface area contributed by atoms with Crippen molar-refractivity contribution in [1.82, 2.24) is 10.2 Å². The van der Waals surface area contributed by atoms with Crippen LogP contribution in [-0.4, -0.2) is 61.0 Å². The Bertz CT molecular complexity index is 317. The first-order chi connectivity index (χ1) is 9.24. The number of hydrogen-bond donors (Lipinski definition) is 2. The molecule has 1 saturated heterocycles. The number of nitrogens with one attached hydrogen (secondary N) is 1. The van der Waals surface area contributed by atoms with Crippen LogP contribution in [0.2, 0.25) is 0 Å². The van der Waals surface area contributed by atoms with E-state index in [9.17, 15) is 4.79 Å². The number of morpholine rings is 1. The lowest BCUT2D eigenvalue weighted by Crippen LogP contribution is -2.59. The Balaban J connectivity index is 2.58. The van der Waals surface area contributed by atoms with Crippen molar-refractivity contribution in [1.29, 1.82) is 0 Å². The van der Waals surface area contributed by atoms with E-state index in [1.54, 1.807) is 0 Å². The van der Waals surface area contributed by atoms with Gasteiger partial charge >= 0.3 is 6.09 Å². The lowest BCUT2D eigenvalue weighted by atomic mass is 10.1. The zero-order valence-electron chi connectivity index (χ0n) is 13.3. The predicted molar refractivity (Wildman–Crippen MR) is 78.7 cm³/mol. The van der Waals surface area contributed by atoms with Crippen LogP contribution in [0, 0.1) is 0 Å². The van der Waals surface area contributed by atoms with E-state index in [-0.39, 0.29) is 12.1 Å². The molecule has 0 aromatic carbocycles. The number of amides is 1. The van der Waals surface area contributed by atoms with Crippen LogP contribution in [0.25, 0.3) is 0 Å². The highest BCUT2D eigenvalue weighted by Crippen LogP contribution is 2.14. The van der Waals surface area contributed by atoms with E-state index in [1.807, 2.05) is 27.7 Å². The van der Waals surface area contributed by atoms with Crippen LogP contribution in [0.5, 0.6) is 0 Å². The molecule has 6 heteroatoms. The van der Waals surface area contributed by atoms with Crippen molar-refractivity contribution < 1.29 is 14.3 Å². The fraction of sp³-hybridized carbons (Fsp3) is 0.929. The maximum Gasteiger partial charge on any atom is 0.407 e. The number of rotatable bonds is 4. The third-order valence-electron chi connectivity index (χ3n) is 3.41. The summed E-state index contributed by atoms with van der Waals surface area (Å²) in [6, 6.07) is 0.317. The molecule has 3 N–H and O–H groups in total. The molecule has 0 bridgehead atoms. The molecule has 1 aliphatic rings. The van der Waals surface area contributed by atoms with E-state index < -0.39 is 11.7 Å². The molecule has 1 fully saturated rings. The van der Waals surface area contributed by atoms with E-state index in [1.165, 1.54) is 0 Å². The Morgan fingerprint density at radius 1 is 1.55 bits per heavy atom. The van der Waals surface area contributed by atoms with Gasteiger partial charge in [-0.05, 0) is 34.6 Å². The number of alkyl carbamates (subject to hydrolysis) is 1. The minimum absolute atomic E-state index is 0.0737. The van der Waals surface area contributed by atoms with Crippen molar-refractivity contribution in [2.45, 2.75) is 58.3 Å². The summed E-state index contributed by atoms with van der Waals surface area (Å²) in [7, 11) is 0. The molecule has 1 rings (SSSR count). The largest absolute Gasteiger partial charge is 0.444 e. The second kappa shape index (κ2) is 7.24. The van der Waals surface area contributed by atoms with E-state index in [2.05, 4.69) is 17.1 Å². The second-order valence-corrected chi connectivity index (χ2v) is 6.40. The summed E-state index contributed by atoms with van der Waals surface area (Å²) in [5, 5.41) is 2.88. The Kier molecular flexibility index (Phi) is 6.23. The third kappa shape index (κ3) is 5.26. The van der Waals surface area contributed by atoms with Gasteiger partial charge in [-0.1, -0.05) is 0 Å². The van der Waals surface area contributed by atoms with E-state index in [0.29, 0.717) is 25.8 Å². The summed E-state index contributed by atoms with van der Waals surface area (Å²) in [5.74, 6) is 0. The quantitative estimate of drug-likeness (QED) is 0.805. The molecule has 0 radical (unpaired) electrons. The van der Waals surface area contributed by atoms with Gasteiger partial charge in [0.1, 0.15) is 5.60 Å². The second-order valence-electron chi connectivity index (χ2n) is 6.40. The summed E-state index contributed by atoms with van der Waals surface area (Å²) < 4.78 is 10.7. The molecule has 0 saturated carbocycles. The third-order valence-corrected chi connectivity index (χ3v) is 3.41. The number of carbonyl (C=O) groups is 1. The summed E-state index contributed by atoms with van der Waals surface area (Å²) >= 11 is 0. The Hall–Kier alpha value is -0.850. The number of hydrogen-bond acceptors (Lipinski definition) is 5. The van der Waals surface area contributed by atoms with Crippen molar-refractivity contribution in [3.05, 3.63) is 0 Å². The highest BCUT2D eigenvalue weighted by molar-refractivity contribution is 5.68. The molecule has 0 aliphatic carbocycles. The van der Waals surface area contributed by atoms with E-state index >= 15 is 0 Å². The van der Waals surface area contributed by atoms with E-state index in [4.69, 9.17) is 15.2 Å². The fourth-order valence-electron chi connectivity index (χ4n) is 2.45. The Morgan fingerprint density at radius 2 is 2.20 bits per heavy atom. The van der Waals surface area contributed by atoms with Gasteiger partial charge in [-0.3, -0.25) is 4.90 Å². The number of carbonyl (C=O) groups excluding carboxylic acids is 1. The molecule has 1 aliphatic heterocycles. The lowest BCUT2D eigenvalue weighted by molar-refractivity contribution is -0.0274. The lowest BCUT2D eigenvalue weighted by Gasteiger charge is -2.41. The minimum Gasteiger partial charge on any atom is -0.444 e. The normalized spacial score (nSPS) is 24.0. The standard InChI is InChI=1S/C14H29N3O3/c1-10-9-19-7-6-17(10)12(8-15)11(2)16-13(18)20-14(3,4)5/h10-12H,6-9,15H2,1-5H3,(H,16,18). The van der Waals surface area contributed by atoms with Gasteiger partial charge in [0.05, 0.1) is 13.2 Å². The SMILES string of the molecule is CC(NC(=O)OC(C)(C)C)C(CN)N1CCOCC1C. The molecule has 118 valence electrons. The van der Waals surface area contributed by atoms with Crippen molar-refractivity contribution in [2.24, 2.45) is 5.73 Å². The van der Waals surface area contributed by atoms with Gasteiger partial charge in [0.15, 0.2) is 0 Å². The Labute approximate surface area is 122 Å². The first-order valence-electron chi connectivity index (χ1n) is 7.27. The van der Waals surface area contributed by atoms with Gasteiger partial charge < -0.3 is 20.5 Å². The summed E-state index contributed by atoms with van der Waals surface area (Å²) in [5.41, 5.74) is 5.40. The van der Waals surface area contributed by atoms with Crippen LogP contribution in [0.3, 0.4) is 0 Å². The fourth-order valence-corrected chi connectivity index (χ4v) is 2.45. The van der Waals surface area contributed by atoms with Gasteiger partial charge in [0.25, 0.3) is 0 Å².